The molecule has 2 aromatic rings. The summed E-state index contributed by atoms with van der Waals surface area (Å²) in [6.45, 7) is 7.24. The van der Waals surface area contributed by atoms with Crippen LogP contribution in [0.15, 0.2) is 42.5 Å². The summed E-state index contributed by atoms with van der Waals surface area (Å²) in [7, 11) is 0. The van der Waals surface area contributed by atoms with Gasteiger partial charge < -0.3 is 14.5 Å². The number of nitrogens with zero attached hydrogens (tertiary/aromatic N) is 3. The first kappa shape index (κ1) is 19.1. The van der Waals surface area contributed by atoms with Crippen LogP contribution < -0.4 is 9.64 Å². The number of carbonyl (C=O) groups excluding carboxylic acids is 1. The largest absolute Gasteiger partial charge is 0.455 e. The number of urea groups is 1. The highest BCUT2D eigenvalue weighted by Crippen LogP contribution is 2.40. The van der Waals surface area contributed by atoms with Crippen LogP contribution in [0.2, 0.25) is 5.02 Å². The van der Waals surface area contributed by atoms with E-state index in [2.05, 4.69) is 11.8 Å². The van der Waals surface area contributed by atoms with Crippen LogP contribution in [-0.2, 0) is 6.54 Å². The third kappa shape index (κ3) is 3.96. The van der Waals surface area contributed by atoms with Gasteiger partial charge in [0.15, 0.2) is 5.75 Å². The number of hydrogen-bond donors (Lipinski definition) is 0. The summed E-state index contributed by atoms with van der Waals surface area (Å²) in [5.74, 6) is 1.44. The minimum Gasteiger partial charge on any atom is -0.455 e. The smallest absolute Gasteiger partial charge is 0.324 e. The molecule has 0 bridgehead atoms. The Hall–Kier alpha value is -2.24. The first-order valence-electron chi connectivity index (χ1n) is 10.00. The van der Waals surface area contributed by atoms with Crippen LogP contribution in [0.3, 0.4) is 0 Å². The van der Waals surface area contributed by atoms with Gasteiger partial charge in [0.2, 0.25) is 0 Å². The first-order valence-corrected chi connectivity index (χ1v) is 10.4. The Bertz CT molecular complexity index is 857. The van der Waals surface area contributed by atoms with Gasteiger partial charge in [-0.3, -0.25) is 4.90 Å². The van der Waals surface area contributed by atoms with Crippen molar-refractivity contribution >= 4 is 23.3 Å². The zero-order valence-corrected chi connectivity index (χ0v) is 17.0. The third-order valence-corrected chi connectivity index (χ3v) is 5.60. The standard InChI is InChI=1S/C22H26ClN3O2/c1-2-10-24-11-5-12-25(14-13-24)22(27)26-16-17-6-3-4-7-20(17)28-21-9-8-18(23)15-19(21)26/h3-4,6-9,15H,2,5,10-14,16H2,1H3. The van der Waals surface area contributed by atoms with Gasteiger partial charge in [0.25, 0.3) is 0 Å². The molecular weight excluding hydrogens is 374 g/mol. The quantitative estimate of drug-likeness (QED) is 0.713. The Labute approximate surface area is 171 Å². The molecule has 28 heavy (non-hydrogen) atoms. The maximum absolute atomic E-state index is 13.5. The molecule has 2 aliphatic rings. The van der Waals surface area contributed by atoms with Crippen molar-refractivity contribution < 1.29 is 9.53 Å². The lowest BCUT2D eigenvalue weighted by Gasteiger charge is -2.30. The zero-order chi connectivity index (χ0) is 19.5. The number of para-hydroxylation sites is 1. The molecule has 148 valence electrons. The van der Waals surface area contributed by atoms with E-state index in [1.165, 1.54) is 0 Å². The predicted octanol–water partition coefficient (Wildman–Crippen LogP) is 4.99. The first-order chi connectivity index (χ1) is 13.7. The van der Waals surface area contributed by atoms with E-state index in [0.717, 1.165) is 62.6 Å². The van der Waals surface area contributed by atoms with Crippen LogP contribution in [0.1, 0.15) is 25.3 Å². The van der Waals surface area contributed by atoms with E-state index in [0.29, 0.717) is 17.3 Å². The Balaban J connectivity index is 1.64. The highest BCUT2D eigenvalue weighted by atomic mass is 35.5. The summed E-state index contributed by atoms with van der Waals surface area (Å²) in [5.41, 5.74) is 1.72. The molecule has 0 unspecified atom stereocenters. The van der Waals surface area contributed by atoms with Crippen molar-refractivity contribution in [1.82, 2.24) is 9.80 Å². The van der Waals surface area contributed by atoms with Gasteiger partial charge in [-0.25, -0.2) is 4.79 Å². The van der Waals surface area contributed by atoms with Gasteiger partial charge in [0.05, 0.1) is 12.2 Å². The van der Waals surface area contributed by atoms with E-state index in [1.807, 2.05) is 46.2 Å². The van der Waals surface area contributed by atoms with E-state index in [9.17, 15) is 4.79 Å². The van der Waals surface area contributed by atoms with E-state index in [1.54, 1.807) is 6.07 Å². The molecule has 0 saturated carbocycles. The van der Waals surface area contributed by atoms with Crippen LogP contribution in [0.25, 0.3) is 0 Å². The van der Waals surface area contributed by atoms with Crippen LogP contribution in [0.4, 0.5) is 10.5 Å². The molecule has 0 radical (unpaired) electrons. The fourth-order valence-corrected chi connectivity index (χ4v) is 4.11. The van der Waals surface area contributed by atoms with Crippen LogP contribution in [-0.4, -0.2) is 48.6 Å². The molecule has 0 N–H and O–H groups in total. The minimum absolute atomic E-state index is 0.0159. The van der Waals surface area contributed by atoms with Crippen molar-refractivity contribution in [3.8, 4) is 11.5 Å². The Morgan fingerprint density at radius 2 is 1.93 bits per heavy atom. The molecule has 0 atom stereocenters. The number of halogens is 1. The van der Waals surface area contributed by atoms with Crippen molar-refractivity contribution in [3.05, 3.63) is 53.1 Å². The molecule has 1 fully saturated rings. The molecule has 2 aliphatic heterocycles. The van der Waals surface area contributed by atoms with Crippen LogP contribution in [0, 0.1) is 0 Å². The lowest BCUT2D eigenvalue weighted by molar-refractivity contribution is 0.204. The van der Waals surface area contributed by atoms with Gasteiger partial charge in [-0.1, -0.05) is 36.7 Å². The van der Waals surface area contributed by atoms with Gasteiger partial charge in [-0.2, -0.15) is 0 Å². The molecule has 5 nitrogen and oxygen atoms in total. The molecule has 1 saturated heterocycles. The molecule has 0 aliphatic carbocycles. The Morgan fingerprint density at radius 3 is 2.79 bits per heavy atom. The summed E-state index contributed by atoms with van der Waals surface area (Å²) in [6, 6.07) is 13.3. The summed E-state index contributed by atoms with van der Waals surface area (Å²) in [4.78, 5) is 19.8. The van der Waals surface area contributed by atoms with Crippen molar-refractivity contribution in [1.29, 1.82) is 0 Å². The fourth-order valence-electron chi connectivity index (χ4n) is 3.94. The van der Waals surface area contributed by atoms with Gasteiger partial charge in [-0.05, 0) is 50.2 Å². The Morgan fingerprint density at radius 1 is 1.07 bits per heavy atom. The summed E-state index contributed by atoms with van der Waals surface area (Å²) >= 11 is 6.26. The van der Waals surface area contributed by atoms with Gasteiger partial charge >= 0.3 is 6.03 Å². The van der Waals surface area contributed by atoms with E-state index >= 15 is 0 Å². The average Bonchev–Trinajstić information content (AvgIpc) is 3.02. The van der Waals surface area contributed by atoms with Gasteiger partial charge in [-0.15, -0.1) is 0 Å². The molecule has 0 spiro atoms. The van der Waals surface area contributed by atoms with Gasteiger partial charge in [0.1, 0.15) is 5.75 Å². The zero-order valence-electron chi connectivity index (χ0n) is 16.2. The van der Waals surface area contributed by atoms with E-state index in [-0.39, 0.29) is 6.03 Å². The number of amides is 2. The fraction of sp³-hybridized carbons (Fsp3) is 0.409. The molecule has 0 aromatic heterocycles. The van der Waals surface area contributed by atoms with Gasteiger partial charge in [0, 0.05) is 30.2 Å². The summed E-state index contributed by atoms with van der Waals surface area (Å²) < 4.78 is 6.12. The number of ether oxygens (including phenoxy) is 1. The number of rotatable bonds is 2. The molecule has 2 aromatic carbocycles. The lowest BCUT2D eigenvalue weighted by Crippen LogP contribution is -2.44. The van der Waals surface area contributed by atoms with Crippen LogP contribution in [0.5, 0.6) is 11.5 Å². The van der Waals surface area contributed by atoms with Crippen LogP contribution >= 0.6 is 11.6 Å². The second-order valence-electron chi connectivity index (χ2n) is 7.37. The Kier molecular flexibility index (Phi) is 5.74. The highest BCUT2D eigenvalue weighted by Gasteiger charge is 2.30. The summed E-state index contributed by atoms with van der Waals surface area (Å²) in [6.07, 6.45) is 2.13. The summed E-state index contributed by atoms with van der Waals surface area (Å²) in [5, 5.41) is 0.594. The van der Waals surface area contributed by atoms with Crippen molar-refractivity contribution in [2.24, 2.45) is 0 Å². The molecule has 2 amide bonds. The number of anilines is 1. The normalized spacial score (nSPS) is 17.2. The number of fused-ring (bicyclic) bond motifs is 2. The maximum atomic E-state index is 13.5. The predicted molar refractivity (Wildman–Crippen MR) is 112 cm³/mol. The maximum Gasteiger partial charge on any atom is 0.324 e. The van der Waals surface area contributed by atoms with E-state index in [4.69, 9.17) is 16.3 Å². The third-order valence-electron chi connectivity index (χ3n) is 5.36. The van der Waals surface area contributed by atoms with Crippen molar-refractivity contribution in [3.63, 3.8) is 0 Å². The highest BCUT2D eigenvalue weighted by molar-refractivity contribution is 6.31. The molecular formula is C22H26ClN3O2. The SMILES string of the molecule is CCCN1CCCN(C(=O)N2Cc3ccccc3Oc3ccc(Cl)cc32)CC1. The number of benzene rings is 2. The molecule has 2 heterocycles. The number of hydrogen-bond acceptors (Lipinski definition) is 3. The van der Waals surface area contributed by atoms with E-state index < -0.39 is 0 Å². The second kappa shape index (κ2) is 8.41. The molecule has 6 heteroatoms. The van der Waals surface area contributed by atoms with Crippen molar-refractivity contribution in [2.75, 3.05) is 37.6 Å². The second-order valence-corrected chi connectivity index (χ2v) is 7.81. The monoisotopic (exact) mass is 399 g/mol. The molecule has 4 rings (SSSR count). The van der Waals surface area contributed by atoms with Crippen molar-refractivity contribution in [2.45, 2.75) is 26.3 Å². The minimum atomic E-state index is 0.0159. The topological polar surface area (TPSA) is 36.0 Å². The lowest BCUT2D eigenvalue weighted by atomic mass is 10.2. The number of carbonyl (C=O) groups is 1. The average molecular weight is 400 g/mol.